The summed E-state index contributed by atoms with van der Waals surface area (Å²) in [5.74, 6) is 0.934. The summed E-state index contributed by atoms with van der Waals surface area (Å²) in [6, 6.07) is 8.79. The molecule has 1 aromatic carbocycles. The average Bonchev–Trinajstić information content (AvgIpc) is 2.71. The lowest BCUT2D eigenvalue weighted by molar-refractivity contribution is 0.0739. The van der Waals surface area contributed by atoms with Gasteiger partial charge in [0.15, 0.2) is 0 Å². The van der Waals surface area contributed by atoms with Crippen LogP contribution in [-0.4, -0.2) is 13.1 Å². The molecule has 0 radical (unpaired) electrons. The zero-order chi connectivity index (χ0) is 13.1. The monoisotopic (exact) mass is 262 g/mol. The Labute approximate surface area is 110 Å². The van der Waals surface area contributed by atoms with Crippen molar-refractivity contribution in [3.05, 3.63) is 45.6 Å². The minimum absolute atomic E-state index is 0.318. The van der Waals surface area contributed by atoms with Crippen LogP contribution >= 0.6 is 11.3 Å². The molecule has 0 aliphatic rings. The fraction of sp³-hybridized carbons (Fsp3) is 0.214. The molecule has 0 spiro atoms. The first kappa shape index (κ1) is 12.6. The van der Waals surface area contributed by atoms with E-state index in [1.54, 1.807) is 31.4 Å². The maximum Gasteiger partial charge on any atom is 0.353 e. The van der Waals surface area contributed by atoms with Crippen molar-refractivity contribution < 1.29 is 14.3 Å². The molecular formula is C14H14O3S. The molecule has 0 unspecified atom stereocenters. The van der Waals surface area contributed by atoms with Gasteiger partial charge in [0.05, 0.1) is 7.11 Å². The highest BCUT2D eigenvalue weighted by Gasteiger charge is 2.12. The molecule has 94 valence electrons. The minimum atomic E-state index is -0.318. The van der Waals surface area contributed by atoms with Gasteiger partial charge in [0.2, 0.25) is 0 Å². The molecule has 2 aromatic rings. The van der Waals surface area contributed by atoms with Gasteiger partial charge in [-0.1, -0.05) is 0 Å². The summed E-state index contributed by atoms with van der Waals surface area (Å²) in [6.07, 6.45) is 0. The van der Waals surface area contributed by atoms with Crippen LogP contribution in [0.3, 0.4) is 0 Å². The number of methoxy groups -OCH3 is 1. The number of aryl methyl sites for hydroxylation is 2. The van der Waals surface area contributed by atoms with Gasteiger partial charge in [0.1, 0.15) is 16.4 Å². The molecular weight excluding hydrogens is 248 g/mol. The average molecular weight is 262 g/mol. The van der Waals surface area contributed by atoms with Gasteiger partial charge < -0.3 is 9.47 Å². The van der Waals surface area contributed by atoms with Crippen LogP contribution in [0.1, 0.15) is 20.1 Å². The summed E-state index contributed by atoms with van der Waals surface area (Å²) in [5, 5.41) is 0. The van der Waals surface area contributed by atoms with Gasteiger partial charge in [-0.2, -0.15) is 0 Å². The van der Waals surface area contributed by atoms with Crippen molar-refractivity contribution >= 4 is 17.3 Å². The first-order valence-electron chi connectivity index (χ1n) is 5.53. The van der Waals surface area contributed by atoms with Crippen molar-refractivity contribution in [2.45, 2.75) is 13.8 Å². The standard InChI is InChI=1S/C14H14O3S/c1-9-8-13(18-10(9)2)14(15)17-12-6-4-11(16-3)5-7-12/h4-8H,1-3H3. The number of thiophene rings is 1. The maximum absolute atomic E-state index is 11.9. The summed E-state index contributed by atoms with van der Waals surface area (Å²) in [7, 11) is 1.60. The maximum atomic E-state index is 11.9. The van der Waals surface area contributed by atoms with E-state index in [2.05, 4.69) is 0 Å². The smallest absolute Gasteiger partial charge is 0.353 e. The molecule has 4 heteroatoms. The largest absolute Gasteiger partial charge is 0.497 e. The topological polar surface area (TPSA) is 35.5 Å². The molecule has 0 aliphatic carbocycles. The Morgan fingerprint density at radius 2 is 1.72 bits per heavy atom. The highest BCUT2D eigenvalue weighted by Crippen LogP contribution is 2.23. The Morgan fingerprint density at radius 1 is 1.11 bits per heavy atom. The summed E-state index contributed by atoms with van der Waals surface area (Å²) in [6.45, 7) is 3.97. The molecule has 0 aliphatic heterocycles. The van der Waals surface area contributed by atoms with Gasteiger partial charge in [0.25, 0.3) is 0 Å². The van der Waals surface area contributed by atoms with E-state index < -0.39 is 0 Å². The van der Waals surface area contributed by atoms with Crippen LogP contribution < -0.4 is 9.47 Å². The predicted octanol–water partition coefficient (Wildman–Crippen LogP) is 3.59. The second-order valence-electron chi connectivity index (χ2n) is 3.91. The second kappa shape index (κ2) is 5.23. The second-order valence-corrected chi connectivity index (χ2v) is 5.17. The van der Waals surface area contributed by atoms with Gasteiger partial charge in [-0.05, 0) is 49.7 Å². The highest BCUT2D eigenvalue weighted by molar-refractivity contribution is 7.14. The molecule has 0 saturated carbocycles. The normalized spacial score (nSPS) is 10.2. The van der Waals surface area contributed by atoms with Gasteiger partial charge in [-0.15, -0.1) is 11.3 Å². The molecule has 2 rings (SSSR count). The Kier molecular flexibility index (Phi) is 3.67. The van der Waals surface area contributed by atoms with E-state index in [1.807, 2.05) is 19.9 Å². The van der Waals surface area contributed by atoms with Crippen molar-refractivity contribution in [1.29, 1.82) is 0 Å². The van der Waals surface area contributed by atoms with Crippen molar-refractivity contribution in [3.8, 4) is 11.5 Å². The molecule has 0 atom stereocenters. The van der Waals surface area contributed by atoms with E-state index >= 15 is 0 Å². The van der Waals surface area contributed by atoms with Crippen molar-refractivity contribution in [1.82, 2.24) is 0 Å². The molecule has 1 aromatic heterocycles. The first-order valence-corrected chi connectivity index (χ1v) is 6.35. The van der Waals surface area contributed by atoms with Crippen LogP contribution in [0, 0.1) is 13.8 Å². The molecule has 18 heavy (non-hydrogen) atoms. The molecule has 0 fully saturated rings. The van der Waals surface area contributed by atoms with Gasteiger partial charge in [-0.25, -0.2) is 4.79 Å². The van der Waals surface area contributed by atoms with Gasteiger partial charge in [-0.3, -0.25) is 0 Å². The number of hydrogen-bond acceptors (Lipinski definition) is 4. The lowest BCUT2D eigenvalue weighted by atomic mass is 10.3. The van der Waals surface area contributed by atoms with E-state index in [1.165, 1.54) is 11.3 Å². The molecule has 0 saturated heterocycles. The van der Waals surface area contributed by atoms with Gasteiger partial charge in [0, 0.05) is 4.88 Å². The van der Waals surface area contributed by atoms with Crippen molar-refractivity contribution in [2.75, 3.05) is 7.11 Å². The van der Waals surface area contributed by atoms with Crippen molar-refractivity contribution in [2.24, 2.45) is 0 Å². The molecule has 3 nitrogen and oxygen atoms in total. The van der Waals surface area contributed by atoms with E-state index in [-0.39, 0.29) is 5.97 Å². The summed E-state index contributed by atoms with van der Waals surface area (Å²) >= 11 is 1.45. The minimum Gasteiger partial charge on any atom is -0.497 e. The fourth-order valence-corrected chi connectivity index (χ4v) is 2.39. The lowest BCUT2D eigenvalue weighted by Gasteiger charge is -2.03. The number of esters is 1. The number of hydrogen-bond donors (Lipinski definition) is 0. The quantitative estimate of drug-likeness (QED) is 0.626. The predicted molar refractivity (Wildman–Crippen MR) is 71.7 cm³/mol. The number of carbonyl (C=O) groups excluding carboxylic acids is 1. The highest BCUT2D eigenvalue weighted by atomic mass is 32.1. The van der Waals surface area contributed by atoms with Crippen LogP contribution in [0.5, 0.6) is 11.5 Å². The Morgan fingerprint density at radius 3 is 2.22 bits per heavy atom. The van der Waals surface area contributed by atoms with Crippen LogP contribution in [0.2, 0.25) is 0 Å². The lowest BCUT2D eigenvalue weighted by Crippen LogP contribution is -2.06. The zero-order valence-electron chi connectivity index (χ0n) is 10.5. The summed E-state index contributed by atoms with van der Waals surface area (Å²) in [5.41, 5.74) is 1.11. The van der Waals surface area contributed by atoms with E-state index in [0.717, 1.165) is 16.2 Å². The third kappa shape index (κ3) is 2.71. The fourth-order valence-electron chi connectivity index (χ4n) is 1.47. The van der Waals surface area contributed by atoms with Crippen LogP contribution in [0.15, 0.2) is 30.3 Å². The van der Waals surface area contributed by atoms with Crippen LogP contribution in [0.4, 0.5) is 0 Å². The Hall–Kier alpha value is -1.81. The number of carbonyl (C=O) groups is 1. The molecule has 0 amide bonds. The molecule has 0 bridgehead atoms. The number of benzene rings is 1. The zero-order valence-corrected chi connectivity index (χ0v) is 11.3. The summed E-state index contributed by atoms with van der Waals surface area (Å²) in [4.78, 5) is 13.7. The Bertz CT molecular complexity index is 535. The van der Waals surface area contributed by atoms with E-state index in [4.69, 9.17) is 9.47 Å². The van der Waals surface area contributed by atoms with E-state index in [9.17, 15) is 4.79 Å². The van der Waals surface area contributed by atoms with Gasteiger partial charge >= 0.3 is 5.97 Å². The van der Waals surface area contributed by atoms with E-state index in [0.29, 0.717) is 10.6 Å². The SMILES string of the molecule is COc1ccc(OC(=O)c2cc(C)c(C)s2)cc1. The molecule has 0 N–H and O–H groups in total. The summed E-state index contributed by atoms with van der Waals surface area (Å²) < 4.78 is 10.3. The van der Waals surface area contributed by atoms with Crippen LogP contribution in [0.25, 0.3) is 0 Å². The first-order chi connectivity index (χ1) is 8.60. The Balaban J connectivity index is 2.10. The molecule has 1 heterocycles. The third-order valence-corrected chi connectivity index (χ3v) is 3.77. The number of rotatable bonds is 3. The van der Waals surface area contributed by atoms with Crippen LogP contribution in [-0.2, 0) is 0 Å². The third-order valence-electron chi connectivity index (χ3n) is 2.64. The number of ether oxygens (including phenoxy) is 2. The van der Waals surface area contributed by atoms with Crippen molar-refractivity contribution in [3.63, 3.8) is 0 Å².